The predicted octanol–water partition coefficient (Wildman–Crippen LogP) is 1.28. The van der Waals surface area contributed by atoms with Gasteiger partial charge in [-0.25, -0.2) is 8.78 Å². The Balaban J connectivity index is 1.99. The third-order valence-electron chi connectivity index (χ3n) is 3.35. The first-order valence-electron chi connectivity index (χ1n) is 6.95. The summed E-state index contributed by atoms with van der Waals surface area (Å²) in [6.07, 6.45) is -0.0589. The first-order valence-corrected chi connectivity index (χ1v) is 6.95. The van der Waals surface area contributed by atoms with Gasteiger partial charge in [-0.1, -0.05) is 12.1 Å². The predicted molar refractivity (Wildman–Crippen MR) is 79.8 cm³/mol. The Labute approximate surface area is 131 Å². The number of hydrogen-bond donors (Lipinski definition) is 2. The summed E-state index contributed by atoms with van der Waals surface area (Å²) >= 11 is 0. The van der Waals surface area contributed by atoms with E-state index in [9.17, 15) is 23.5 Å². The fourth-order valence-corrected chi connectivity index (χ4v) is 2.13. The highest BCUT2D eigenvalue weighted by Gasteiger charge is 2.18. The zero-order valence-corrected chi connectivity index (χ0v) is 12.4. The highest BCUT2D eigenvalue weighted by molar-refractivity contribution is 5.75. The first kappa shape index (κ1) is 16.8. The van der Waals surface area contributed by atoms with Gasteiger partial charge in [0.1, 0.15) is 24.3 Å². The van der Waals surface area contributed by atoms with E-state index < -0.39 is 29.2 Å². The smallest absolute Gasteiger partial charge is 0.253 e. The van der Waals surface area contributed by atoms with Gasteiger partial charge >= 0.3 is 0 Å². The molecule has 2 N–H and O–H groups in total. The number of carbonyl (C=O) groups is 1. The molecule has 23 heavy (non-hydrogen) atoms. The van der Waals surface area contributed by atoms with Crippen molar-refractivity contribution in [2.45, 2.75) is 19.6 Å². The molecule has 122 valence electrons. The molecule has 0 spiro atoms. The highest BCUT2D eigenvalue weighted by atomic mass is 19.1. The summed E-state index contributed by atoms with van der Waals surface area (Å²) in [4.78, 5) is 23.6. The van der Waals surface area contributed by atoms with Crippen molar-refractivity contribution in [2.24, 2.45) is 0 Å². The number of halogens is 2. The summed E-state index contributed by atoms with van der Waals surface area (Å²) in [5, 5.41) is 12.2. The average molecular weight is 322 g/mol. The second kappa shape index (κ2) is 7.15. The van der Waals surface area contributed by atoms with Crippen molar-refractivity contribution in [1.29, 1.82) is 0 Å². The SMILES string of the molecule is Cc1cccn(CC(=O)NCC(O)c2c(F)cccc2F)c1=O. The van der Waals surface area contributed by atoms with E-state index in [1.54, 1.807) is 19.1 Å². The molecule has 1 amide bonds. The maximum absolute atomic E-state index is 13.5. The van der Waals surface area contributed by atoms with Crippen molar-refractivity contribution in [2.75, 3.05) is 6.54 Å². The number of aliphatic hydroxyl groups excluding tert-OH is 1. The van der Waals surface area contributed by atoms with Crippen molar-refractivity contribution in [1.82, 2.24) is 9.88 Å². The van der Waals surface area contributed by atoms with Crippen LogP contribution in [0.3, 0.4) is 0 Å². The Kier molecular flexibility index (Phi) is 5.23. The summed E-state index contributed by atoms with van der Waals surface area (Å²) < 4.78 is 28.2. The lowest BCUT2D eigenvalue weighted by atomic mass is 10.1. The molecular formula is C16H16F2N2O3. The summed E-state index contributed by atoms with van der Waals surface area (Å²) in [7, 11) is 0. The molecule has 1 heterocycles. The molecule has 0 aliphatic carbocycles. The van der Waals surface area contributed by atoms with Crippen molar-refractivity contribution in [3.05, 3.63) is 69.6 Å². The van der Waals surface area contributed by atoms with Gasteiger partial charge in [-0.2, -0.15) is 0 Å². The molecule has 0 saturated carbocycles. The van der Waals surface area contributed by atoms with Crippen molar-refractivity contribution < 1.29 is 18.7 Å². The quantitative estimate of drug-likeness (QED) is 0.871. The number of aryl methyl sites for hydroxylation is 1. The van der Waals surface area contributed by atoms with Gasteiger partial charge in [0.05, 0.1) is 5.56 Å². The third kappa shape index (κ3) is 4.01. The molecule has 0 fully saturated rings. The van der Waals surface area contributed by atoms with Crippen LogP contribution in [0.25, 0.3) is 0 Å². The largest absolute Gasteiger partial charge is 0.386 e. The van der Waals surface area contributed by atoms with Gasteiger partial charge in [-0.3, -0.25) is 9.59 Å². The van der Waals surface area contributed by atoms with Crippen LogP contribution in [0.15, 0.2) is 41.3 Å². The number of rotatable bonds is 5. The van der Waals surface area contributed by atoms with E-state index in [1.807, 2.05) is 0 Å². The molecule has 7 heteroatoms. The van der Waals surface area contributed by atoms with E-state index in [2.05, 4.69) is 5.32 Å². The molecular weight excluding hydrogens is 306 g/mol. The molecule has 0 aliphatic heterocycles. The van der Waals surface area contributed by atoms with Crippen LogP contribution in [-0.4, -0.2) is 22.1 Å². The van der Waals surface area contributed by atoms with Crippen LogP contribution in [0, 0.1) is 18.6 Å². The number of benzene rings is 1. The van der Waals surface area contributed by atoms with Gasteiger partial charge in [0.2, 0.25) is 5.91 Å². The summed E-state index contributed by atoms with van der Waals surface area (Å²) in [6.45, 7) is 1.02. The van der Waals surface area contributed by atoms with Crippen molar-refractivity contribution in [3.8, 4) is 0 Å². The molecule has 0 saturated heterocycles. The Morgan fingerprint density at radius 3 is 2.57 bits per heavy atom. The van der Waals surface area contributed by atoms with Crippen LogP contribution in [0.5, 0.6) is 0 Å². The van der Waals surface area contributed by atoms with Crippen molar-refractivity contribution in [3.63, 3.8) is 0 Å². The van der Waals surface area contributed by atoms with Crippen LogP contribution in [-0.2, 0) is 11.3 Å². The maximum Gasteiger partial charge on any atom is 0.253 e. The van der Waals surface area contributed by atoms with Crippen LogP contribution < -0.4 is 10.9 Å². The van der Waals surface area contributed by atoms with Gasteiger partial charge < -0.3 is 15.0 Å². The molecule has 2 rings (SSSR count). The highest BCUT2D eigenvalue weighted by Crippen LogP contribution is 2.19. The van der Waals surface area contributed by atoms with Crippen LogP contribution in [0.4, 0.5) is 8.78 Å². The van der Waals surface area contributed by atoms with E-state index in [0.717, 1.165) is 12.1 Å². The number of aromatic nitrogens is 1. The van der Waals surface area contributed by atoms with Crippen LogP contribution >= 0.6 is 0 Å². The number of carbonyl (C=O) groups excluding carboxylic acids is 1. The Bertz CT molecular complexity index is 754. The van der Waals surface area contributed by atoms with E-state index in [4.69, 9.17) is 0 Å². The minimum atomic E-state index is -1.52. The lowest BCUT2D eigenvalue weighted by Gasteiger charge is -2.14. The number of nitrogens with one attached hydrogen (secondary N) is 1. The van der Waals surface area contributed by atoms with Crippen LogP contribution in [0.1, 0.15) is 17.2 Å². The van der Waals surface area contributed by atoms with E-state index in [0.29, 0.717) is 5.56 Å². The lowest BCUT2D eigenvalue weighted by Crippen LogP contribution is -2.35. The van der Waals surface area contributed by atoms with Gasteiger partial charge in [-0.05, 0) is 25.1 Å². The third-order valence-corrected chi connectivity index (χ3v) is 3.35. The topological polar surface area (TPSA) is 71.3 Å². The fraction of sp³-hybridized carbons (Fsp3) is 0.250. The monoisotopic (exact) mass is 322 g/mol. The number of amides is 1. The van der Waals surface area contributed by atoms with E-state index >= 15 is 0 Å². The normalized spacial score (nSPS) is 12.0. The Hall–Kier alpha value is -2.54. The average Bonchev–Trinajstić information content (AvgIpc) is 2.49. The number of nitrogens with zero attached hydrogens (tertiary/aromatic N) is 1. The molecule has 1 unspecified atom stereocenters. The Morgan fingerprint density at radius 1 is 1.26 bits per heavy atom. The fourth-order valence-electron chi connectivity index (χ4n) is 2.13. The second-order valence-electron chi connectivity index (χ2n) is 5.08. The summed E-state index contributed by atoms with van der Waals surface area (Å²) in [5.41, 5.74) is -0.308. The number of pyridine rings is 1. The van der Waals surface area contributed by atoms with Gasteiger partial charge in [0.25, 0.3) is 5.56 Å². The molecule has 1 atom stereocenters. The van der Waals surface area contributed by atoms with Crippen LogP contribution in [0.2, 0.25) is 0 Å². The minimum Gasteiger partial charge on any atom is -0.386 e. The molecule has 0 bridgehead atoms. The number of hydrogen-bond acceptors (Lipinski definition) is 3. The molecule has 1 aromatic carbocycles. The molecule has 5 nitrogen and oxygen atoms in total. The molecule has 0 radical (unpaired) electrons. The van der Waals surface area contributed by atoms with Crippen molar-refractivity contribution >= 4 is 5.91 Å². The van der Waals surface area contributed by atoms with Gasteiger partial charge in [0, 0.05) is 18.3 Å². The Morgan fingerprint density at radius 2 is 1.91 bits per heavy atom. The summed E-state index contributed by atoms with van der Waals surface area (Å²) in [5.74, 6) is -2.32. The standard InChI is InChI=1S/C16H16F2N2O3/c1-10-4-3-7-20(16(10)23)9-14(22)19-8-13(21)15-11(17)5-2-6-12(15)18/h2-7,13,21H,8-9H2,1H3,(H,19,22). The number of aliphatic hydroxyl groups is 1. The lowest BCUT2D eigenvalue weighted by molar-refractivity contribution is -0.122. The first-order chi connectivity index (χ1) is 10.9. The summed E-state index contributed by atoms with van der Waals surface area (Å²) in [6, 6.07) is 6.49. The van der Waals surface area contributed by atoms with E-state index in [-0.39, 0.29) is 18.6 Å². The zero-order valence-electron chi connectivity index (χ0n) is 12.4. The zero-order chi connectivity index (χ0) is 17.0. The van der Waals surface area contributed by atoms with E-state index in [1.165, 1.54) is 16.8 Å². The minimum absolute atomic E-state index is 0.243. The van der Waals surface area contributed by atoms with Gasteiger partial charge in [-0.15, -0.1) is 0 Å². The molecule has 0 aliphatic rings. The molecule has 2 aromatic rings. The maximum atomic E-state index is 13.5. The van der Waals surface area contributed by atoms with Gasteiger partial charge in [0.15, 0.2) is 0 Å². The second-order valence-corrected chi connectivity index (χ2v) is 5.08. The molecule has 1 aromatic heterocycles.